The van der Waals surface area contributed by atoms with E-state index < -0.39 is 34.5 Å². The molecule has 5 nitrogen and oxygen atoms in total. The molecule has 2 heterocycles. The van der Waals surface area contributed by atoms with Crippen molar-refractivity contribution in [1.29, 1.82) is 0 Å². The lowest BCUT2D eigenvalue weighted by atomic mass is 9.97. The van der Waals surface area contributed by atoms with Gasteiger partial charge in [-0.15, -0.1) is 10.2 Å². The molecule has 0 atom stereocenters. The molecule has 1 aromatic carbocycles. The summed E-state index contributed by atoms with van der Waals surface area (Å²) in [5.41, 5.74) is -0.888. The summed E-state index contributed by atoms with van der Waals surface area (Å²) in [6, 6.07) is 0.832. The van der Waals surface area contributed by atoms with Crippen LogP contribution >= 0.6 is 0 Å². The highest BCUT2D eigenvalue weighted by Crippen LogP contribution is 2.58. The molecule has 2 aromatic rings. The minimum absolute atomic E-state index is 0.00139. The quantitative estimate of drug-likeness (QED) is 0.807. The Kier molecular flexibility index (Phi) is 3.24. The Balaban J connectivity index is 1.92. The van der Waals surface area contributed by atoms with Gasteiger partial charge >= 0.3 is 6.18 Å². The summed E-state index contributed by atoms with van der Waals surface area (Å²) in [5, 5.41) is 20.8. The smallest absolute Gasteiger partial charge is 0.416 e. The average molecular weight is 355 g/mol. The highest BCUT2D eigenvalue weighted by molar-refractivity contribution is 5.75. The van der Waals surface area contributed by atoms with Crippen molar-refractivity contribution in [2.45, 2.75) is 31.2 Å². The van der Waals surface area contributed by atoms with Gasteiger partial charge in [0.2, 0.25) is 0 Å². The highest BCUT2D eigenvalue weighted by Gasteiger charge is 2.53. The molecule has 1 fully saturated rings. The molecule has 9 heteroatoms. The van der Waals surface area contributed by atoms with Gasteiger partial charge in [-0.2, -0.15) is 13.2 Å². The Bertz CT molecular complexity index is 855. The van der Waals surface area contributed by atoms with E-state index in [9.17, 15) is 22.7 Å². The molecule has 1 aromatic heterocycles. The maximum Gasteiger partial charge on any atom is 0.416 e. The van der Waals surface area contributed by atoms with Crippen molar-refractivity contribution in [2.24, 2.45) is 0 Å². The van der Waals surface area contributed by atoms with Crippen LogP contribution in [-0.2, 0) is 23.1 Å². The second kappa shape index (κ2) is 5.04. The number of rotatable bonds is 2. The van der Waals surface area contributed by atoms with E-state index in [1.807, 2.05) is 0 Å². The maximum absolute atomic E-state index is 14.4. The Hall–Kier alpha value is -2.42. The molecule has 1 aliphatic carbocycles. The summed E-state index contributed by atoms with van der Waals surface area (Å²) < 4.78 is 58.5. The van der Waals surface area contributed by atoms with Gasteiger partial charge in [-0.3, -0.25) is 0 Å². The summed E-state index contributed by atoms with van der Waals surface area (Å²) in [4.78, 5) is 0. The van der Waals surface area contributed by atoms with Crippen LogP contribution in [0.5, 0.6) is 5.75 Å². The first-order valence-corrected chi connectivity index (χ1v) is 7.58. The molecule has 1 spiro atoms. The number of hydrogen-bond acceptors (Lipinski definition) is 5. The number of alkyl halides is 3. The minimum Gasteiger partial charge on any atom is -0.507 e. The van der Waals surface area contributed by atoms with Gasteiger partial charge < -0.3 is 15.2 Å². The third-order valence-corrected chi connectivity index (χ3v) is 4.60. The van der Waals surface area contributed by atoms with E-state index >= 15 is 0 Å². The number of benzene rings is 1. The molecular formula is C16H13F4N3O2. The lowest BCUT2D eigenvalue weighted by Crippen LogP contribution is -2.11. The number of ether oxygens (including phenoxy) is 1. The average Bonchev–Trinajstić information content (AvgIpc) is 3.21. The second-order valence-electron chi connectivity index (χ2n) is 6.13. The Labute approximate surface area is 139 Å². The fourth-order valence-corrected chi connectivity index (χ4v) is 3.26. The lowest BCUT2D eigenvalue weighted by Gasteiger charge is -2.15. The van der Waals surface area contributed by atoms with Crippen LogP contribution in [0.15, 0.2) is 12.1 Å². The van der Waals surface area contributed by atoms with Crippen LogP contribution in [-0.4, -0.2) is 22.4 Å². The molecular weight excluding hydrogens is 342 g/mol. The van der Waals surface area contributed by atoms with Gasteiger partial charge in [0, 0.05) is 18.2 Å². The monoisotopic (exact) mass is 355 g/mol. The molecule has 2 N–H and O–H groups in total. The number of halogens is 4. The number of anilines is 1. The van der Waals surface area contributed by atoms with Gasteiger partial charge in [0.25, 0.3) is 0 Å². The van der Waals surface area contributed by atoms with Crippen LogP contribution in [0, 0.1) is 5.82 Å². The second-order valence-corrected chi connectivity index (χ2v) is 6.13. The zero-order chi connectivity index (χ0) is 18.0. The van der Waals surface area contributed by atoms with E-state index in [1.54, 1.807) is 7.05 Å². The standard InChI is InChI=1S/C16H13F4N3O2/c1-21-14-12-8(6-25-15(12)2-3-15)13(22-23-14)11-9(17)4-7(5-10(11)24)16(18,19)20/h4-5,24H,2-3,6H2,1H3,(H,21,23). The number of phenolic OH excluding ortho intramolecular Hbond substituents is 1. The van der Waals surface area contributed by atoms with Gasteiger partial charge in [-0.1, -0.05) is 0 Å². The molecule has 1 saturated carbocycles. The van der Waals surface area contributed by atoms with Crippen molar-refractivity contribution in [2.75, 3.05) is 12.4 Å². The molecule has 0 unspecified atom stereocenters. The number of nitrogens with one attached hydrogen (secondary N) is 1. The molecule has 0 amide bonds. The predicted molar refractivity (Wildman–Crippen MR) is 79.3 cm³/mol. The molecule has 2 aliphatic rings. The minimum atomic E-state index is -4.76. The largest absolute Gasteiger partial charge is 0.507 e. The topological polar surface area (TPSA) is 67.3 Å². The van der Waals surface area contributed by atoms with E-state index in [0.717, 1.165) is 18.4 Å². The first kappa shape index (κ1) is 16.1. The summed E-state index contributed by atoms with van der Waals surface area (Å²) in [7, 11) is 1.66. The number of nitrogens with zero attached hydrogens (tertiary/aromatic N) is 2. The van der Waals surface area contributed by atoms with Crippen LogP contribution in [0.3, 0.4) is 0 Å². The molecule has 0 radical (unpaired) electrons. The van der Waals surface area contributed by atoms with Crippen molar-refractivity contribution >= 4 is 5.82 Å². The molecule has 0 bridgehead atoms. The number of aromatic nitrogens is 2. The fraction of sp³-hybridized carbons (Fsp3) is 0.375. The Morgan fingerprint density at radius 3 is 2.52 bits per heavy atom. The lowest BCUT2D eigenvalue weighted by molar-refractivity contribution is -0.137. The van der Waals surface area contributed by atoms with Crippen LogP contribution < -0.4 is 5.32 Å². The summed E-state index contributed by atoms with van der Waals surface area (Å²) in [6.45, 7) is 0.134. The van der Waals surface area contributed by atoms with E-state index in [2.05, 4.69) is 15.5 Å². The van der Waals surface area contributed by atoms with E-state index in [0.29, 0.717) is 23.5 Å². The Morgan fingerprint density at radius 1 is 1.24 bits per heavy atom. The Morgan fingerprint density at radius 2 is 1.96 bits per heavy atom. The summed E-state index contributed by atoms with van der Waals surface area (Å²) in [5.74, 6) is -1.56. The maximum atomic E-state index is 14.4. The number of fused-ring (bicyclic) bond motifs is 2. The SMILES string of the molecule is CNc1nnc(-c2c(O)cc(C(F)(F)F)cc2F)c2c1C1(CC1)OC2. The third-order valence-electron chi connectivity index (χ3n) is 4.60. The van der Waals surface area contributed by atoms with E-state index in [4.69, 9.17) is 4.74 Å². The highest BCUT2D eigenvalue weighted by atomic mass is 19.4. The van der Waals surface area contributed by atoms with E-state index in [-0.39, 0.29) is 12.3 Å². The van der Waals surface area contributed by atoms with Gasteiger partial charge in [-0.25, -0.2) is 4.39 Å². The van der Waals surface area contributed by atoms with Crippen molar-refractivity contribution in [3.05, 3.63) is 34.6 Å². The first-order chi connectivity index (χ1) is 11.8. The summed E-state index contributed by atoms with van der Waals surface area (Å²) in [6.07, 6.45) is -3.20. The first-order valence-electron chi connectivity index (χ1n) is 7.58. The van der Waals surface area contributed by atoms with E-state index in [1.165, 1.54) is 0 Å². The van der Waals surface area contributed by atoms with Gasteiger partial charge in [-0.05, 0) is 25.0 Å². The van der Waals surface area contributed by atoms with Crippen LogP contribution in [0.4, 0.5) is 23.4 Å². The molecule has 1 aliphatic heterocycles. The van der Waals surface area contributed by atoms with Gasteiger partial charge in [0.05, 0.1) is 23.3 Å². The fourth-order valence-electron chi connectivity index (χ4n) is 3.26. The zero-order valence-corrected chi connectivity index (χ0v) is 13.0. The van der Waals surface area contributed by atoms with Crippen molar-refractivity contribution < 1.29 is 27.4 Å². The van der Waals surface area contributed by atoms with Gasteiger partial charge in [0.15, 0.2) is 5.82 Å². The number of aromatic hydroxyl groups is 1. The number of phenols is 1. The predicted octanol–water partition coefficient (Wildman–Crippen LogP) is 3.57. The molecule has 132 valence electrons. The normalized spacial score (nSPS) is 17.6. The number of hydrogen-bond donors (Lipinski definition) is 2. The molecule has 0 saturated heterocycles. The molecule has 4 rings (SSSR count). The van der Waals surface area contributed by atoms with Crippen molar-refractivity contribution in [1.82, 2.24) is 10.2 Å². The van der Waals surface area contributed by atoms with Crippen molar-refractivity contribution in [3.63, 3.8) is 0 Å². The third kappa shape index (κ3) is 2.33. The van der Waals surface area contributed by atoms with Crippen LogP contribution in [0.1, 0.15) is 29.5 Å². The zero-order valence-electron chi connectivity index (χ0n) is 13.0. The summed E-state index contributed by atoms with van der Waals surface area (Å²) >= 11 is 0. The van der Waals surface area contributed by atoms with Crippen molar-refractivity contribution in [3.8, 4) is 17.0 Å². The molecule has 25 heavy (non-hydrogen) atoms. The van der Waals surface area contributed by atoms with Crippen LogP contribution in [0.2, 0.25) is 0 Å². The van der Waals surface area contributed by atoms with Crippen LogP contribution in [0.25, 0.3) is 11.3 Å². The van der Waals surface area contributed by atoms with Gasteiger partial charge in [0.1, 0.15) is 17.3 Å².